The van der Waals surface area contributed by atoms with E-state index in [0.29, 0.717) is 31.2 Å². The zero-order valence-electron chi connectivity index (χ0n) is 50.5. The minimum absolute atomic E-state index is 0.00654. The molecule has 2 aliphatic rings. The lowest BCUT2D eigenvalue weighted by molar-refractivity contribution is -0.177. The van der Waals surface area contributed by atoms with Gasteiger partial charge in [0.05, 0.1) is 5.60 Å². The van der Waals surface area contributed by atoms with Crippen LogP contribution in [-0.2, 0) is 60.7 Å². The Bertz CT molecular complexity index is 2450. The van der Waals surface area contributed by atoms with Crippen molar-refractivity contribution in [2.24, 2.45) is 29.6 Å². The number of carbonyl (C=O) groups is 9. The van der Waals surface area contributed by atoms with Gasteiger partial charge in [-0.05, 0) is 74.3 Å². The van der Waals surface area contributed by atoms with Crippen molar-refractivity contribution >= 4 is 53.2 Å². The maximum Gasteiger partial charge on any atom is 0.332 e. The van der Waals surface area contributed by atoms with Gasteiger partial charge < -0.3 is 50.3 Å². The molecule has 2 saturated heterocycles. The van der Waals surface area contributed by atoms with Gasteiger partial charge in [0.1, 0.15) is 42.3 Å². The summed E-state index contributed by atoms with van der Waals surface area (Å²) in [5, 5.41) is 20.6. The van der Waals surface area contributed by atoms with Gasteiger partial charge in [-0.15, -0.1) is 0 Å². The fraction of sp³-hybridized carbons (Fsp3) is 0.656. The quantitative estimate of drug-likeness (QED) is 0.188. The Balaban J connectivity index is 1.99. The molecule has 8 amide bonds. The summed E-state index contributed by atoms with van der Waals surface area (Å²) in [5.74, 6) is -8.56. The zero-order chi connectivity index (χ0) is 60.1. The number of nitrogens with zero attached hydrogens (tertiary/aromatic N) is 5. The molecule has 0 saturated carbocycles. The van der Waals surface area contributed by atoms with Gasteiger partial charge in [0, 0.05) is 53.5 Å². The number of rotatable bonds is 14. The third-order valence-electron chi connectivity index (χ3n) is 16.4. The number of amides is 8. The highest BCUT2D eigenvalue weighted by Gasteiger charge is 2.48. The van der Waals surface area contributed by atoms with E-state index in [1.54, 1.807) is 46.8 Å². The maximum atomic E-state index is 15.3. The Labute approximate surface area is 475 Å². The number of esters is 1. The first-order valence-electron chi connectivity index (χ1n) is 28.8. The first kappa shape index (κ1) is 66.1. The molecule has 0 aromatic heterocycles. The monoisotopic (exact) mass is 1110 g/mol. The van der Waals surface area contributed by atoms with Crippen molar-refractivity contribution in [3.63, 3.8) is 0 Å². The standard InChI is InChI=1S/C61H94N8O11/c1-17-38(8)47-58(76)67(15)49(39(9)18-2)54(72)62-43(33-36(4)5)56(74)68(16)51(61(11,12)79)60(78)80-50(40(10)19-3)59(77)66(14)48(37(6)7)53(71)63-44(34-41-27-22-20-23-28-41)55(73)65(13)46(35-42-29-24-21-25-30-42)57(75)69-32-26-31-45(69)52(70)64-47/h20-25,27-30,36-40,43-51,79H,17-19,26,31-35H2,1-16H3,(H,62,72)(H,63,71)(H,64,70). The summed E-state index contributed by atoms with van der Waals surface area (Å²) >= 11 is 0. The summed E-state index contributed by atoms with van der Waals surface area (Å²) in [6.07, 6.45) is 0.543. The molecule has 19 nitrogen and oxygen atoms in total. The molecule has 80 heavy (non-hydrogen) atoms. The Hall–Kier alpha value is -6.37. The van der Waals surface area contributed by atoms with Gasteiger partial charge in [-0.2, -0.15) is 0 Å². The van der Waals surface area contributed by atoms with E-state index in [1.165, 1.54) is 61.6 Å². The molecule has 2 aromatic rings. The zero-order valence-corrected chi connectivity index (χ0v) is 50.5. The van der Waals surface area contributed by atoms with Gasteiger partial charge in [-0.1, -0.05) is 143 Å². The molecular formula is C61H94N8O11. The van der Waals surface area contributed by atoms with Crippen molar-refractivity contribution in [2.45, 2.75) is 194 Å². The number of ether oxygens (including phenoxy) is 1. The van der Waals surface area contributed by atoms with Gasteiger partial charge in [0.25, 0.3) is 5.91 Å². The predicted molar refractivity (Wildman–Crippen MR) is 306 cm³/mol. The van der Waals surface area contributed by atoms with E-state index in [0.717, 1.165) is 10.5 Å². The Morgan fingerprint density at radius 1 is 0.575 bits per heavy atom. The van der Waals surface area contributed by atoms with Crippen LogP contribution in [-0.4, -0.2) is 178 Å². The van der Waals surface area contributed by atoms with Crippen molar-refractivity contribution in [2.75, 3.05) is 34.7 Å². The van der Waals surface area contributed by atoms with E-state index >= 15 is 9.59 Å². The largest absolute Gasteiger partial charge is 0.450 e. The SMILES string of the molecule is CCC(C)C1NC(=O)C2CCCN2C(=O)C(Cc2ccccc2)N(C)C(=O)C(Cc2ccccc2)NC(=O)C(C(C)C)N(C)C(=O)C(C(C)CC)OC(=O)C(C(C)(C)O)N(C)C(=O)C(CC(C)C)NC(=O)C(C(C)CC)N(C)C1=O. The molecule has 4 N–H and O–H groups in total. The molecule has 0 spiro atoms. The summed E-state index contributed by atoms with van der Waals surface area (Å²) in [6.45, 7) is 20.9. The Morgan fingerprint density at radius 3 is 1.59 bits per heavy atom. The number of hydrogen-bond donors (Lipinski definition) is 4. The van der Waals surface area contributed by atoms with Crippen LogP contribution >= 0.6 is 0 Å². The molecule has 2 heterocycles. The van der Waals surface area contributed by atoms with Crippen molar-refractivity contribution in [3.8, 4) is 0 Å². The molecule has 2 aliphatic heterocycles. The van der Waals surface area contributed by atoms with Crippen molar-refractivity contribution in [1.82, 2.24) is 40.4 Å². The maximum absolute atomic E-state index is 15.3. The van der Waals surface area contributed by atoms with E-state index in [1.807, 2.05) is 83.1 Å². The molecule has 0 aliphatic carbocycles. The third-order valence-corrected chi connectivity index (χ3v) is 16.4. The van der Waals surface area contributed by atoms with Gasteiger partial charge in [0.2, 0.25) is 41.4 Å². The third kappa shape index (κ3) is 16.4. The topological polar surface area (TPSA) is 235 Å². The van der Waals surface area contributed by atoms with Crippen LogP contribution in [0.4, 0.5) is 0 Å². The number of hydrogen-bond acceptors (Lipinski definition) is 11. The van der Waals surface area contributed by atoms with Crippen molar-refractivity contribution in [3.05, 3.63) is 71.8 Å². The van der Waals surface area contributed by atoms with Crippen LogP contribution < -0.4 is 16.0 Å². The highest BCUT2D eigenvalue weighted by Crippen LogP contribution is 2.28. The van der Waals surface area contributed by atoms with Crippen molar-refractivity contribution in [1.29, 1.82) is 0 Å². The molecule has 12 unspecified atom stereocenters. The minimum Gasteiger partial charge on any atom is -0.450 e. The number of aliphatic hydroxyl groups is 1. The van der Waals surface area contributed by atoms with Crippen LogP contribution in [0, 0.1) is 29.6 Å². The summed E-state index contributed by atoms with van der Waals surface area (Å²) in [7, 11) is 5.70. The van der Waals surface area contributed by atoms with Crippen LogP contribution in [0.25, 0.3) is 0 Å². The molecule has 0 radical (unpaired) electrons. The number of benzene rings is 2. The average molecular weight is 1120 g/mol. The summed E-state index contributed by atoms with van der Waals surface area (Å²) in [5.41, 5.74) is -0.551. The van der Waals surface area contributed by atoms with Gasteiger partial charge in [0.15, 0.2) is 12.1 Å². The molecule has 2 fully saturated rings. The molecule has 2 aromatic carbocycles. The smallest absolute Gasteiger partial charge is 0.332 e. The normalized spacial score (nSPS) is 26.7. The first-order chi connectivity index (χ1) is 37.5. The predicted octanol–water partition coefficient (Wildman–Crippen LogP) is 4.76. The fourth-order valence-corrected chi connectivity index (χ4v) is 11.1. The van der Waals surface area contributed by atoms with Gasteiger partial charge >= 0.3 is 5.97 Å². The van der Waals surface area contributed by atoms with Gasteiger partial charge in [-0.3, -0.25) is 38.4 Å². The summed E-state index contributed by atoms with van der Waals surface area (Å²) in [6, 6.07) is 8.14. The second-order valence-electron chi connectivity index (χ2n) is 23.8. The lowest BCUT2D eigenvalue weighted by Gasteiger charge is -2.40. The fourth-order valence-electron chi connectivity index (χ4n) is 11.1. The molecule has 0 bridgehead atoms. The number of carbonyl (C=O) groups excluding carboxylic acids is 9. The molecular weight excluding hydrogens is 1020 g/mol. The van der Waals surface area contributed by atoms with Crippen LogP contribution in [0.1, 0.15) is 133 Å². The second kappa shape index (κ2) is 29.4. The van der Waals surface area contributed by atoms with E-state index < -0.39 is 137 Å². The van der Waals surface area contributed by atoms with Crippen LogP contribution in [0.5, 0.6) is 0 Å². The number of fused-ring (bicyclic) bond motifs is 1. The highest BCUT2D eigenvalue weighted by molar-refractivity contribution is 5.99. The lowest BCUT2D eigenvalue weighted by atomic mass is 9.92. The van der Waals surface area contributed by atoms with E-state index in [-0.39, 0.29) is 38.1 Å². The number of likely N-dealkylation sites (N-methyl/N-ethyl adjacent to an activating group) is 4. The van der Waals surface area contributed by atoms with Crippen LogP contribution in [0.3, 0.4) is 0 Å². The lowest BCUT2D eigenvalue weighted by Crippen LogP contribution is -2.63. The van der Waals surface area contributed by atoms with Gasteiger partial charge in [-0.25, -0.2) is 4.79 Å². The van der Waals surface area contributed by atoms with Crippen LogP contribution in [0.2, 0.25) is 0 Å². The molecule has 444 valence electrons. The van der Waals surface area contributed by atoms with E-state index in [4.69, 9.17) is 4.74 Å². The Kier molecular flexibility index (Phi) is 24.3. The average Bonchev–Trinajstić information content (AvgIpc) is 3.91. The van der Waals surface area contributed by atoms with E-state index in [2.05, 4.69) is 16.0 Å². The van der Waals surface area contributed by atoms with E-state index in [9.17, 15) is 38.7 Å². The number of cyclic esters (lactones) is 1. The molecule has 19 heteroatoms. The highest BCUT2D eigenvalue weighted by atomic mass is 16.6. The summed E-state index contributed by atoms with van der Waals surface area (Å²) < 4.78 is 6.11. The van der Waals surface area contributed by atoms with Crippen molar-refractivity contribution < 1.29 is 53.0 Å². The Morgan fingerprint density at radius 2 is 1.07 bits per heavy atom. The molecule has 12 atom stereocenters. The van der Waals surface area contributed by atoms with Crippen LogP contribution in [0.15, 0.2) is 60.7 Å². The molecule has 4 rings (SSSR count). The minimum atomic E-state index is -1.97. The second-order valence-corrected chi connectivity index (χ2v) is 23.8. The first-order valence-corrected chi connectivity index (χ1v) is 28.8. The number of nitrogens with one attached hydrogen (secondary N) is 3. The summed E-state index contributed by atoms with van der Waals surface area (Å²) in [4.78, 5) is 141.